The first-order chi connectivity index (χ1) is 12.0. The summed E-state index contributed by atoms with van der Waals surface area (Å²) in [7, 11) is 0. The van der Waals surface area contributed by atoms with Crippen LogP contribution in [-0.4, -0.2) is 10.9 Å². The topological polar surface area (TPSA) is 55.1 Å². The highest BCUT2D eigenvalue weighted by molar-refractivity contribution is 5.90. The summed E-state index contributed by atoms with van der Waals surface area (Å²) in [5.74, 6) is 0.628. The maximum absolute atomic E-state index is 13.5. The summed E-state index contributed by atoms with van der Waals surface area (Å²) in [5.41, 5.74) is 3.11. The Kier molecular flexibility index (Phi) is 4.93. The number of aryl methyl sites for hydroxylation is 3. The smallest absolute Gasteiger partial charge is 0.224 e. The highest BCUT2D eigenvalue weighted by Gasteiger charge is 2.10. The molecule has 3 rings (SSSR count). The van der Waals surface area contributed by atoms with Gasteiger partial charge in [-0.05, 0) is 31.5 Å². The number of hydrogen-bond donors (Lipinski definition) is 1. The van der Waals surface area contributed by atoms with Crippen molar-refractivity contribution in [3.05, 3.63) is 71.5 Å². The van der Waals surface area contributed by atoms with E-state index in [1.807, 2.05) is 31.2 Å². The van der Waals surface area contributed by atoms with Crippen LogP contribution in [0.5, 0.6) is 0 Å². The fourth-order valence-electron chi connectivity index (χ4n) is 2.39. The molecule has 0 aliphatic carbocycles. The third-order valence-corrected chi connectivity index (χ3v) is 3.91. The van der Waals surface area contributed by atoms with E-state index in [-0.39, 0.29) is 18.1 Å². The Bertz CT molecular complexity index is 885. The number of aromatic nitrogens is 1. The fraction of sp³-hybridized carbons (Fsp3) is 0.200. The van der Waals surface area contributed by atoms with E-state index >= 15 is 0 Å². The molecule has 5 heteroatoms. The zero-order valence-electron chi connectivity index (χ0n) is 14.2. The summed E-state index contributed by atoms with van der Waals surface area (Å²) in [6.45, 7) is 3.70. The lowest BCUT2D eigenvalue weighted by Gasteiger charge is -2.05. The van der Waals surface area contributed by atoms with Crippen molar-refractivity contribution in [2.75, 3.05) is 5.32 Å². The normalized spacial score (nSPS) is 10.7. The molecule has 2 aromatic carbocycles. The Morgan fingerprint density at radius 2 is 1.92 bits per heavy atom. The lowest BCUT2D eigenvalue weighted by atomic mass is 10.1. The molecule has 128 valence electrons. The number of nitrogens with zero attached hydrogens (tertiary/aromatic N) is 1. The van der Waals surface area contributed by atoms with Gasteiger partial charge >= 0.3 is 0 Å². The van der Waals surface area contributed by atoms with Crippen LogP contribution in [-0.2, 0) is 11.2 Å². The molecule has 0 unspecified atom stereocenters. The fourth-order valence-corrected chi connectivity index (χ4v) is 2.39. The largest absolute Gasteiger partial charge is 0.441 e. The Hall–Kier alpha value is -2.95. The van der Waals surface area contributed by atoms with Crippen molar-refractivity contribution >= 4 is 11.6 Å². The first kappa shape index (κ1) is 16.9. The highest BCUT2D eigenvalue weighted by atomic mass is 19.1. The molecule has 4 nitrogen and oxygen atoms in total. The van der Waals surface area contributed by atoms with Gasteiger partial charge in [0.05, 0.1) is 6.20 Å². The Morgan fingerprint density at radius 3 is 2.64 bits per heavy atom. The number of anilines is 1. The zero-order chi connectivity index (χ0) is 17.8. The van der Waals surface area contributed by atoms with Gasteiger partial charge in [-0.2, -0.15) is 0 Å². The molecule has 1 amide bonds. The van der Waals surface area contributed by atoms with Crippen LogP contribution in [0, 0.1) is 19.7 Å². The number of oxazole rings is 1. The first-order valence-corrected chi connectivity index (χ1v) is 8.09. The lowest BCUT2D eigenvalue weighted by Crippen LogP contribution is -2.12. The number of rotatable bonds is 5. The maximum Gasteiger partial charge on any atom is 0.224 e. The average Bonchev–Trinajstić information content (AvgIpc) is 3.06. The third kappa shape index (κ3) is 4.32. The molecule has 0 saturated heterocycles. The van der Waals surface area contributed by atoms with Gasteiger partial charge in [-0.25, -0.2) is 9.37 Å². The Morgan fingerprint density at radius 1 is 1.16 bits per heavy atom. The van der Waals surface area contributed by atoms with Gasteiger partial charge in [0.1, 0.15) is 5.82 Å². The summed E-state index contributed by atoms with van der Waals surface area (Å²) in [6.07, 6.45) is 2.25. The van der Waals surface area contributed by atoms with Crippen LogP contribution in [0.1, 0.15) is 23.4 Å². The Balaban J connectivity index is 1.57. The van der Waals surface area contributed by atoms with E-state index in [1.165, 1.54) is 11.6 Å². The van der Waals surface area contributed by atoms with Crippen molar-refractivity contribution in [2.24, 2.45) is 0 Å². The average molecular weight is 338 g/mol. The van der Waals surface area contributed by atoms with Gasteiger partial charge in [-0.15, -0.1) is 0 Å². The number of carbonyl (C=O) groups excluding carboxylic acids is 1. The van der Waals surface area contributed by atoms with Crippen molar-refractivity contribution in [3.63, 3.8) is 0 Å². The standard InChI is InChI=1S/C20H19FN2O2/c1-13-3-6-15(7-4-13)18-12-22-20(25-18)10-9-19(24)23-16-8-5-14(2)17(21)11-16/h3-8,11-12H,9-10H2,1-2H3,(H,23,24). The van der Waals surface area contributed by atoms with Crippen LogP contribution in [0.25, 0.3) is 11.3 Å². The van der Waals surface area contributed by atoms with Crippen molar-refractivity contribution in [1.29, 1.82) is 0 Å². The Labute approximate surface area is 145 Å². The molecule has 0 fully saturated rings. The van der Waals surface area contributed by atoms with Gasteiger partial charge in [0.2, 0.25) is 5.91 Å². The number of halogens is 1. The van der Waals surface area contributed by atoms with Crippen molar-refractivity contribution in [2.45, 2.75) is 26.7 Å². The molecular weight excluding hydrogens is 319 g/mol. The van der Waals surface area contributed by atoms with Crippen molar-refractivity contribution in [1.82, 2.24) is 4.98 Å². The lowest BCUT2D eigenvalue weighted by molar-refractivity contribution is -0.116. The van der Waals surface area contributed by atoms with E-state index in [9.17, 15) is 9.18 Å². The van der Waals surface area contributed by atoms with Crippen LogP contribution in [0.3, 0.4) is 0 Å². The second-order valence-corrected chi connectivity index (χ2v) is 6.00. The van der Waals surface area contributed by atoms with E-state index < -0.39 is 0 Å². The van der Waals surface area contributed by atoms with E-state index in [0.717, 1.165) is 5.56 Å². The van der Waals surface area contributed by atoms with Crippen LogP contribution in [0.15, 0.2) is 53.1 Å². The van der Waals surface area contributed by atoms with Crippen LogP contribution in [0.4, 0.5) is 10.1 Å². The summed E-state index contributed by atoms with van der Waals surface area (Å²) >= 11 is 0. The molecule has 0 aliphatic rings. The predicted octanol–water partition coefficient (Wildman–Crippen LogP) is 4.67. The van der Waals surface area contributed by atoms with Gasteiger partial charge in [0.25, 0.3) is 0 Å². The number of amides is 1. The number of carbonyl (C=O) groups is 1. The molecule has 0 saturated carbocycles. The van der Waals surface area contributed by atoms with Crippen molar-refractivity contribution < 1.29 is 13.6 Å². The molecule has 0 bridgehead atoms. The molecule has 1 heterocycles. The first-order valence-electron chi connectivity index (χ1n) is 8.09. The summed E-state index contributed by atoms with van der Waals surface area (Å²) < 4.78 is 19.2. The summed E-state index contributed by atoms with van der Waals surface area (Å²) in [4.78, 5) is 16.2. The zero-order valence-corrected chi connectivity index (χ0v) is 14.2. The van der Waals surface area contributed by atoms with E-state index in [1.54, 1.807) is 25.3 Å². The number of hydrogen-bond acceptors (Lipinski definition) is 3. The molecule has 1 aromatic heterocycles. The minimum Gasteiger partial charge on any atom is -0.441 e. The minimum absolute atomic E-state index is 0.210. The second kappa shape index (κ2) is 7.30. The SMILES string of the molecule is Cc1ccc(-c2cnc(CCC(=O)Nc3ccc(C)c(F)c3)o2)cc1. The molecule has 1 N–H and O–H groups in total. The van der Waals surface area contributed by atoms with Crippen molar-refractivity contribution in [3.8, 4) is 11.3 Å². The summed E-state index contributed by atoms with van der Waals surface area (Å²) in [6, 6.07) is 12.6. The van der Waals surface area contributed by atoms with Gasteiger partial charge in [0, 0.05) is 24.1 Å². The predicted molar refractivity (Wildman–Crippen MR) is 94.8 cm³/mol. The molecule has 0 atom stereocenters. The van der Waals surface area contributed by atoms with Gasteiger partial charge < -0.3 is 9.73 Å². The maximum atomic E-state index is 13.5. The second-order valence-electron chi connectivity index (χ2n) is 6.00. The molecule has 0 spiro atoms. The highest BCUT2D eigenvalue weighted by Crippen LogP contribution is 2.21. The van der Waals surface area contributed by atoms with Gasteiger partial charge in [-0.3, -0.25) is 4.79 Å². The van der Waals surface area contributed by atoms with Crippen LogP contribution >= 0.6 is 0 Å². The molecule has 0 radical (unpaired) electrons. The number of benzene rings is 2. The van der Waals surface area contributed by atoms with Crippen LogP contribution < -0.4 is 5.32 Å². The molecule has 3 aromatic rings. The van der Waals surface area contributed by atoms with Crippen LogP contribution in [0.2, 0.25) is 0 Å². The number of nitrogens with one attached hydrogen (secondary N) is 1. The molecule has 25 heavy (non-hydrogen) atoms. The molecule has 0 aliphatic heterocycles. The minimum atomic E-state index is -0.340. The van der Waals surface area contributed by atoms with Gasteiger partial charge in [0.15, 0.2) is 11.7 Å². The third-order valence-electron chi connectivity index (χ3n) is 3.91. The quantitative estimate of drug-likeness (QED) is 0.735. The van der Waals surface area contributed by atoms with Gasteiger partial charge in [-0.1, -0.05) is 35.9 Å². The van der Waals surface area contributed by atoms with E-state index in [4.69, 9.17) is 4.42 Å². The van der Waals surface area contributed by atoms with E-state index in [2.05, 4.69) is 10.3 Å². The van der Waals surface area contributed by atoms with E-state index in [0.29, 0.717) is 29.3 Å². The monoisotopic (exact) mass is 338 g/mol. The summed E-state index contributed by atoms with van der Waals surface area (Å²) in [5, 5.41) is 2.68. The molecular formula is C20H19FN2O2.